The molecule has 2 aromatic carbocycles. The van der Waals surface area contributed by atoms with Crippen LogP contribution < -0.4 is 5.32 Å². The molecule has 4 heteroatoms. The Hall–Kier alpha value is -1.000. The topological polar surface area (TPSA) is 32.3 Å². The van der Waals surface area contributed by atoms with Gasteiger partial charge in [0.1, 0.15) is 5.75 Å². The summed E-state index contributed by atoms with van der Waals surface area (Å²) in [6, 6.07) is 9.75. The Balaban J connectivity index is 2.12. The molecule has 2 N–H and O–H groups in total. The molecule has 0 heterocycles. The van der Waals surface area contributed by atoms with E-state index < -0.39 is 0 Å². The van der Waals surface area contributed by atoms with Crippen molar-refractivity contribution >= 4 is 37.5 Å². The maximum absolute atomic E-state index is 9.46. The van der Waals surface area contributed by atoms with Gasteiger partial charge in [-0.1, -0.05) is 22.0 Å². The van der Waals surface area contributed by atoms with Crippen molar-refractivity contribution in [2.75, 3.05) is 5.32 Å². The van der Waals surface area contributed by atoms with E-state index in [-0.39, 0.29) is 5.75 Å². The molecule has 0 aliphatic rings. The molecule has 0 amide bonds. The summed E-state index contributed by atoms with van der Waals surface area (Å²) >= 11 is 6.89. The van der Waals surface area contributed by atoms with Crippen LogP contribution in [0.5, 0.6) is 5.75 Å². The summed E-state index contributed by atoms with van der Waals surface area (Å²) < 4.78 is 1.88. The van der Waals surface area contributed by atoms with Gasteiger partial charge in [0, 0.05) is 16.7 Å². The normalized spacial score (nSPS) is 10.5. The smallest absolute Gasteiger partial charge is 0.129 e. The molecule has 2 rings (SSSR count). The van der Waals surface area contributed by atoms with E-state index in [1.54, 1.807) is 6.07 Å². The van der Waals surface area contributed by atoms with E-state index in [2.05, 4.69) is 63.2 Å². The van der Waals surface area contributed by atoms with Crippen LogP contribution >= 0.6 is 31.9 Å². The number of anilines is 1. The largest absolute Gasteiger partial charge is 0.507 e. The molecular weight excluding hydrogens is 370 g/mol. The number of aryl methyl sites for hydroxylation is 2. The maximum atomic E-state index is 9.46. The molecule has 19 heavy (non-hydrogen) atoms. The first kappa shape index (κ1) is 14.4. The first-order valence-electron chi connectivity index (χ1n) is 5.95. The molecule has 0 radical (unpaired) electrons. The zero-order valence-corrected chi connectivity index (χ0v) is 14.0. The van der Waals surface area contributed by atoms with Gasteiger partial charge < -0.3 is 10.4 Å². The summed E-state index contributed by atoms with van der Waals surface area (Å²) in [6.07, 6.45) is 0. The van der Waals surface area contributed by atoms with E-state index in [0.717, 1.165) is 26.7 Å². The number of hydrogen-bond donors (Lipinski definition) is 2. The summed E-state index contributed by atoms with van der Waals surface area (Å²) in [5, 5.41) is 12.9. The second-order valence-corrected chi connectivity index (χ2v) is 6.21. The Bertz CT molecular complexity index is 588. The van der Waals surface area contributed by atoms with Crippen LogP contribution in [0.15, 0.2) is 39.3 Å². The van der Waals surface area contributed by atoms with Gasteiger partial charge in [0.05, 0.1) is 4.47 Å². The minimum absolute atomic E-state index is 0.263. The molecule has 2 aromatic rings. The van der Waals surface area contributed by atoms with Crippen molar-refractivity contribution < 1.29 is 5.11 Å². The van der Waals surface area contributed by atoms with E-state index in [1.807, 2.05) is 12.1 Å². The minimum Gasteiger partial charge on any atom is -0.507 e. The van der Waals surface area contributed by atoms with Crippen molar-refractivity contribution in [1.29, 1.82) is 0 Å². The van der Waals surface area contributed by atoms with Crippen LogP contribution in [0, 0.1) is 13.8 Å². The molecule has 0 bridgehead atoms. The molecule has 0 saturated carbocycles. The van der Waals surface area contributed by atoms with Crippen LogP contribution in [0.2, 0.25) is 0 Å². The van der Waals surface area contributed by atoms with Gasteiger partial charge in [0.2, 0.25) is 0 Å². The Morgan fingerprint density at radius 3 is 2.26 bits per heavy atom. The van der Waals surface area contributed by atoms with Crippen molar-refractivity contribution in [2.24, 2.45) is 0 Å². The predicted molar refractivity (Wildman–Crippen MR) is 86.7 cm³/mol. The lowest BCUT2D eigenvalue weighted by atomic mass is 10.1. The van der Waals surface area contributed by atoms with Crippen LogP contribution in [-0.2, 0) is 6.54 Å². The van der Waals surface area contributed by atoms with E-state index >= 15 is 0 Å². The molecule has 0 aliphatic heterocycles. The Kier molecular flexibility index (Phi) is 4.53. The molecule has 100 valence electrons. The number of phenolic OH excluding ortho intramolecular Hbond substituents is 1. The van der Waals surface area contributed by atoms with E-state index in [9.17, 15) is 5.11 Å². The third-order valence-corrected chi connectivity index (χ3v) is 4.83. The number of rotatable bonds is 3. The van der Waals surface area contributed by atoms with Crippen LogP contribution in [0.25, 0.3) is 0 Å². The predicted octanol–water partition coefficient (Wildman–Crippen LogP) is 5.15. The average Bonchev–Trinajstić information content (AvgIpc) is 2.37. The summed E-state index contributed by atoms with van der Waals surface area (Å²) in [5.41, 5.74) is 4.65. The van der Waals surface area contributed by atoms with Crippen molar-refractivity contribution in [3.63, 3.8) is 0 Å². The second kappa shape index (κ2) is 5.97. The minimum atomic E-state index is 0.263. The second-order valence-electron chi connectivity index (χ2n) is 4.56. The first-order chi connectivity index (χ1) is 8.97. The maximum Gasteiger partial charge on any atom is 0.129 e. The Labute approximate surface area is 130 Å². The van der Waals surface area contributed by atoms with Crippen LogP contribution in [0.3, 0.4) is 0 Å². The SMILES string of the molecule is Cc1cc(NCc2ccc(O)c(Br)c2)cc(C)c1Br. The third kappa shape index (κ3) is 3.51. The van der Waals surface area contributed by atoms with Gasteiger partial charge in [0.15, 0.2) is 0 Å². The molecule has 2 nitrogen and oxygen atoms in total. The highest BCUT2D eigenvalue weighted by molar-refractivity contribution is 9.10. The van der Waals surface area contributed by atoms with E-state index in [4.69, 9.17) is 0 Å². The fraction of sp³-hybridized carbons (Fsp3) is 0.200. The number of phenols is 1. The third-order valence-electron chi connectivity index (χ3n) is 2.95. The highest BCUT2D eigenvalue weighted by Gasteiger charge is 2.03. The summed E-state index contributed by atoms with van der Waals surface area (Å²) in [6.45, 7) is 4.89. The van der Waals surface area contributed by atoms with Gasteiger partial charge in [-0.05, 0) is 70.7 Å². The van der Waals surface area contributed by atoms with Crippen LogP contribution in [-0.4, -0.2) is 5.11 Å². The number of nitrogens with one attached hydrogen (secondary N) is 1. The quantitative estimate of drug-likeness (QED) is 0.767. The molecule has 0 atom stereocenters. The van der Waals surface area contributed by atoms with Crippen LogP contribution in [0.1, 0.15) is 16.7 Å². The molecule has 0 fully saturated rings. The van der Waals surface area contributed by atoms with Crippen LogP contribution in [0.4, 0.5) is 5.69 Å². The van der Waals surface area contributed by atoms with Gasteiger partial charge in [-0.2, -0.15) is 0 Å². The van der Waals surface area contributed by atoms with Gasteiger partial charge in [-0.3, -0.25) is 0 Å². The highest BCUT2D eigenvalue weighted by atomic mass is 79.9. The van der Waals surface area contributed by atoms with Crippen molar-refractivity contribution in [3.05, 3.63) is 56.0 Å². The van der Waals surface area contributed by atoms with E-state index in [0.29, 0.717) is 0 Å². The van der Waals surface area contributed by atoms with Gasteiger partial charge in [-0.15, -0.1) is 0 Å². The fourth-order valence-corrected chi connectivity index (χ4v) is 2.57. The summed E-state index contributed by atoms with van der Waals surface area (Å²) in [4.78, 5) is 0. The number of hydrogen-bond acceptors (Lipinski definition) is 2. The molecular formula is C15H15Br2NO. The molecule has 0 aromatic heterocycles. The number of benzene rings is 2. The van der Waals surface area contributed by atoms with Crippen molar-refractivity contribution in [2.45, 2.75) is 20.4 Å². The molecule has 0 spiro atoms. The van der Waals surface area contributed by atoms with Gasteiger partial charge >= 0.3 is 0 Å². The lowest BCUT2D eigenvalue weighted by Gasteiger charge is -2.11. The van der Waals surface area contributed by atoms with Crippen molar-refractivity contribution in [1.82, 2.24) is 0 Å². The summed E-state index contributed by atoms with van der Waals surface area (Å²) in [5.74, 6) is 0.263. The average molecular weight is 385 g/mol. The lowest BCUT2D eigenvalue weighted by molar-refractivity contribution is 0.471. The monoisotopic (exact) mass is 383 g/mol. The summed E-state index contributed by atoms with van der Waals surface area (Å²) in [7, 11) is 0. The van der Waals surface area contributed by atoms with Gasteiger partial charge in [0.25, 0.3) is 0 Å². The standard InChI is InChI=1S/C15H15Br2NO/c1-9-5-12(6-10(2)15(9)17)18-8-11-3-4-14(19)13(16)7-11/h3-7,18-19H,8H2,1-2H3. The lowest BCUT2D eigenvalue weighted by Crippen LogP contribution is -2.00. The van der Waals surface area contributed by atoms with Crippen molar-refractivity contribution in [3.8, 4) is 5.75 Å². The number of aromatic hydroxyl groups is 1. The Morgan fingerprint density at radius 1 is 1.05 bits per heavy atom. The zero-order valence-electron chi connectivity index (χ0n) is 10.8. The zero-order chi connectivity index (χ0) is 14.0. The molecule has 0 aliphatic carbocycles. The van der Waals surface area contributed by atoms with E-state index in [1.165, 1.54) is 11.1 Å². The Morgan fingerprint density at radius 2 is 1.68 bits per heavy atom. The molecule has 0 unspecified atom stereocenters. The molecule has 0 saturated heterocycles. The van der Waals surface area contributed by atoms with Gasteiger partial charge in [-0.25, -0.2) is 0 Å². The first-order valence-corrected chi connectivity index (χ1v) is 7.54. The fourth-order valence-electron chi connectivity index (χ4n) is 1.91. The number of halogens is 2. The highest BCUT2D eigenvalue weighted by Crippen LogP contribution is 2.27.